The smallest absolute Gasteiger partial charge is 0.303 e. The highest BCUT2D eigenvalue weighted by Gasteiger charge is 2.24. The number of carbonyl (C=O) groups is 2. The zero-order valence-corrected chi connectivity index (χ0v) is 13.3. The summed E-state index contributed by atoms with van der Waals surface area (Å²) in [5.41, 5.74) is 0. The molecule has 1 atom stereocenters. The summed E-state index contributed by atoms with van der Waals surface area (Å²) in [6.07, 6.45) is 5.28. The second kappa shape index (κ2) is 7.04. The fraction of sp³-hybridized carbons (Fsp3) is 0.429. The van der Waals surface area contributed by atoms with Crippen molar-refractivity contribution in [3.63, 3.8) is 0 Å². The predicted octanol–water partition coefficient (Wildman–Crippen LogP) is 3.24. The summed E-state index contributed by atoms with van der Waals surface area (Å²) in [6.45, 7) is 1.26. The number of halogens is 1. The first-order chi connectivity index (χ1) is 9.54. The fourth-order valence-electron chi connectivity index (χ4n) is 2.36. The van der Waals surface area contributed by atoms with Crippen molar-refractivity contribution in [3.8, 4) is 0 Å². The molecule has 1 saturated heterocycles. The van der Waals surface area contributed by atoms with E-state index < -0.39 is 5.97 Å². The number of hydrogen-bond acceptors (Lipinski definition) is 3. The maximum atomic E-state index is 12.1. The number of carbonyl (C=O) groups excluding carboxylic acids is 1. The fourth-order valence-corrected chi connectivity index (χ4v) is 3.68. The molecule has 0 aliphatic carbocycles. The predicted molar refractivity (Wildman–Crippen MR) is 82.6 cm³/mol. The van der Waals surface area contributed by atoms with E-state index in [1.54, 1.807) is 28.4 Å². The molecule has 1 aromatic rings. The van der Waals surface area contributed by atoms with Crippen LogP contribution in [-0.2, 0) is 9.59 Å². The van der Waals surface area contributed by atoms with Gasteiger partial charge in [-0.1, -0.05) is 0 Å². The number of piperidine rings is 1. The zero-order chi connectivity index (χ0) is 14.5. The van der Waals surface area contributed by atoms with E-state index in [-0.39, 0.29) is 18.2 Å². The van der Waals surface area contributed by atoms with Gasteiger partial charge in [0.25, 0.3) is 0 Å². The van der Waals surface area contributed by atoms with Crippen molar-refractivity contribution in [2.45, 2.75) is 19.3 Å². The number of amides is 1. The Bertz CT molecular complexity index is 526. The van der Waals surface area contributed by atoms with Crippen LogP contribution in [0.25, 0.3) is 6.08 Å². The highest BCUT2D eigenvalue weighted by atomic mass is 79.9. The number of carboxylic acid groups (broad SMARTS) is 1. The molecule has 0 spiro atoms. The van der Waals surface area contributed by atoms with E-state index >= 15 is 0 Å². The largest absolute Gasteiger partial charge is 0.481 e. The Balaban J connectivity index is 1.91. The lowest BCUT2D eigenvalue weighted by Gasteiger charge is -2.31. The average Bonchev–Trinajstić information content (AvgIpc) is 2.81. The molecule has 108 valence electrons. The second-order valence-corrected chi connectivity index (χ2v) is 7.36. The van der Waals surface area contributed by atoms with Gasteiger partial charge in [0.2, 0.25) is 5.91 Å². The maximum absolute atomic E-state index is 12.1. The average molecular weight is 358 g/mol. The molecule has 1 amide bonds. The van der Waals surface area contributed by atoms with Crippen LogP contribution in [-0.4, -0.2) is 35.0 Å². The zero-order valence-electron chi connectivity index (χ0n) is 10.9. The van der Waals surface area contributed by atoms with E-state index in [1.165, 1.54) is 0 Å². The van der Waals surface area contributed by atoms with Crippen LogP contribution >= 0.6 is 27.3 Å². The first-order valence-corrected chi connectivity index (χ1v) is 8.09. The van der Waals surface area contributed by atoms with Gasteiger partial charge in [-0.25, -0.2) is 0 Å². The third kappa shape index (κ3) is 4.45. The third-order valence-electron chi connectivity index (χ3n) is 3.28. The van der Waals surface area contributed by atoms with Gasteiger partial charge in [0.05, 0.1) is 3.79 Å². The first kappa shape index (κ1) is 15.3. The molecule has 0 bridgehead atoms. The van der Waals surface area contributed by atoms with Gasteiger partial charge >= 0.3 is 5.97 Å². The third-order valence-corrected chi connectivity index (χ3v) is 4.87. The number of hydrogen-bond donors (Lipinski definition) is 1. The van der Waals surface area contributed by atoms with Crippen LogP contribution < -0.4 is 0 Å². The van der Waals surface area contributed by atoms with E-state index in [1.807, 2.05) is 12.1 Å². The highest BCUT2D eigenvalue weighted by molar-refractivity contribution is 9.11. The SMILES string of the molecule is O=C(O)CC1CCCN(C(=O)C=Cc2ccc(Br)s2)C1. The van der Waals surface area contributed by atoms with Crippen molar-refractivity contribution in [2.75, 3.05) is 13.1 Å². The van der Waals surface area contributed by atoms with Gasteiger partial charge in [-0.15, -0.1) is 11.3 Å². The minimum Gasteiger partial charge on any atom is -0.481 e. The van der Waals surface area contributed by atoms with Crippen molar-refractivity contribution in [3.05, 3.63) is 26.9 Å². The van der Waals surface area contributed by atoms with Crippen LogP contribution in [0.5, 0.6) is 0 Å². The second-order valence-electron chi connectivity index (χ2n) is 4.87. The van der Waals surface area contributed by atoms with Crippen LogP contribution in [0.1, 0.15) is 24.1 Å². The lowest BCUT2D eigenvalue weighted by molar-refractivity contribution is -0.139. The van der Waals surface area contributed by atoms with E-state index in [0.29, 0.717) is 13.1 Å². The van der Waals surface area contributed by atoms with E-state index in [4.69, 9.17) is 5.11 Å². The molecule has 1 aliphatic rings. The number of likely N-dealkylation sites (tertiary alicyclic amines) is 1. The van der Waals surface area contributed by atoms with E-state index in [0.717, 1.165) is 21.5 Å². The molecular formula is C14H16BrNO3S. The molecule has 1 aromatic heterocycles. The van der Waals surface area contributed by atoms with Crippen molar-refractivity contribution in [2.24, 2.45) is 5.92 Å². The van der Waals surface area contributed by atoms with Gasteiger partial charge < -0.3 is 10.0 Å². The summed E-state index contributed by atoms with van der Waals surface area (Å²) in [4.78, 5) is 25.6. The summed E-state index contributed by atoms with van der Waals surface area (Å²) in [5, 5.41) is 8.82. The number of aliphatic carboxylic acids is 1. The topological polar surface area (TPSA) is 57.6 Å². The van der Waals surface area contributed by atoms with Crippen molar-refractivity contribution < 1.29 is 14.7 Å². The van der Waals surface area contributed by atoms with Crippen LogP contribution in [0.3, 0.4) is 0 Å². The molecule has 1 fully saturated rings. The number of rotatable bonds is 4. The molecule has 2 rings (SSSR count). The minimum atomic E-state index is -0.789. The lowest BCUT2D eigenvalue weighted by atomic mass is 9.95. The number of carboxylic acids is 1. The Labute approximate surface area is 130 Å². The summed E-state index contributed by atoms with van der Waals surface area (Å²) in [7, 11) is 0. The standard InChI is InChI=1S/C14H16BrNO3S/c15-12-5-3-11(20-12)4-6-13(17)16-7-1-2-10(9-16)8-14(18)19/h3-6,10H,1-2,7-9H2,(H,18,19). The van der Waals surface area contributed by atoms with Crippen molar-refractivity contribution in [1.82, 2.24) is 4.90 Å². The summed E-state index contributed by atoms with van der Waals surface area (Å²) < 4.78 is 1.03. The Kier molecular flexibility index (Phi) is 5.37. The molecule has 20 heavy (non-hydrogen) atoms. The molecule has 4 nitrogen and oxygen atoms in total. The molecule has 0 aromatic carbocycles. The van der Waals surface area contributed by atoms with Gasteiger partial charge in [0.15, 0.2) is 0 Å². The van der Waals surface area contributed by atoms with Gasteiger partial charge in [-0.3, -0.25) is 9.59 Å². The Morgan fingerprint density at radius 3 is 2.95 bits per heavy atom. The normalized spacial score (nSPS) is 19.4. The van der Waals surface area contributed by atoms with E-state index in [2.05, 4.69) is 15.9 Å². The quantitative estimate of drug-likeness (QED) is 0.841. The van der Waals surface area contributed by atoms with E-state index in [9.17, 15) is 9.59 Å². The molecule has 1 unspecified atom stereocenters. The van der Waals surface area contributed by atoms with Crippen molar-refractivity contribution in [1.29, 1.82) is 0 Å². The Morgan fingerprint density at radius 2 is 2.30 bits per heavy atom. The molecule has 1 aliphatic heterocycles. The molecule has 1 N–H and O–H groups in total. The van der Waals surface area contributed by atoms with Crippen molar-refractivity contribution >= 4 is 45.2 Å². The Morgan fingerprint density at radius 1 is 1.50 bits per heavy atom. The van der Waals surface area contributed by atoms with Gasteiger partial charge in [0, 0.05) is 30.5 Å². The van der Waals surface area contributed by atoms with Gasteiger partial charge in [-0.05, 0) is 52.9 Å². The van der Waals surface area contributed by atoms with Crippen LogP contribution in [0, 0.1) is 5.92 Å². The first-order valence-electron chi connectivity index (χ1n) is 6.48. The molecule has 0 saturated carbocycles. The van der Waals surface area contributed by atoms with Gasteiger partial charge in [-0.2, -0.15) is 0 Å². The summed E-state index contributed by atoms with van der Waals surface area (Å²) in [5.74, 6) is -0.748. The van der Waals surface area contributed by atoms with Crippen LogP contribution in [0.2, 0.25) is 0 Å². The van der Waals surface area contributed by atoms with Crippen LogP contribution in [0.15, 0.2) is 22.0 Å². The molecule has 0 radical (unpaired) electrons. The summed E-state index contributed by atoms with van der Waals surface area (Å²) >= 11 is 4.95. The maximum Gasteiger partial charge on any atom is 0.303 e. The highest BCUT2D eigenvalue weighted by Crippen LogP contribution is 2.23. The molecule has 6 heteroatoms. The minimum absolute atomic E-state index is 0.0374. The molecule has 2 heterocycles. The monoisotopic (exact) mass is 357 g/mol. The summed E-state index contributed by atoms with van der Waals surface area (Å²) in [6, 6.07) is 3.89. The van der Waals surface area contributed by atoms with Gasteiger partial charge in [0.1, 0.15) is 0 Å². The van der Waals surface area contributed by atoms with Crippen LogP contribution in [0.4, 0.5) is 0 Å². The Hall–Kier alpha value is -1.14. The number of thiophene rings is 1. The lowest BCUT2D eigenvalue weighted by Crippen LogP contribution is -2.39. The number of nitrogens with zero attached hydrogens (tertiary/aromatic N) is 1. The molecular weight excluding hydrogens is 342 g/mol.